The molecule has 0 radical (unpaired) electrons. The number of nitrogens with two attached hydrogens (primary N) is 1. The summed E-state index contributed by atoms with van der Waals surface area (Å²) in [7, 11) is 0. The van der Waals surface area contributed by atoms with Gasteiger partial charge in [0.05, 0.1) is 6.42 Å². The fourth-order valence-corrected chi connectivity index (χ4v) is 3.92. The van der Waals surface area contributed by atoms with Gasteiger partial charge in [0.25, 0.3) is 5.91 Å². The minimum atomic E-state index is -0.921. The van der Waals surface area contributed by atoms with Crippen LogP contribution in [-0.2, 0) is 16.0 Å². The van der Waals surface area contributed by atoms with Gasteiger partial charge < -0.3 is 16.4 Å². The highest BCUT2D eigenvalue weighted by Gasteiger charge is 2.40. The van der Waals surface area contributed by atoms with Crippen LogP contribution in [0.1, 0.15) is 41.6 Å². The van der Waals surface area contributed by atoms with Crippen molar-refractivity contribution in [3.8, 4) is 11.1 Å². The fourth-order valence-electron chi connectivity index (χ4n) is 3.92. The molecule has 0 unspecified atom stereocenters. The number of carbonyl (C=O) groups is 3. The molecule has 0 bridgehead atoms. The Balaban J connectivity index is 1.52. The predicted molar refractivity (Wildman–Crippen MR) is 102 cm³/mol. The van der Waals surface area contributed by atoms with Gasteiger partial charge >= 0.3 is 0 Å². The van der Waals surface area contributed by atoms with Gasteiger partial charge in [0, 0.05) is 11.3 Å². The summed E-state index contributed by atoms with van der Waals surface area (Å²) in [6, 6.07) is 13.0. The molecule has 0 saturated heterocycles. The number of fused-ring (bicyclic) bond motifs is 1. The standard InChI is InChI=1S/C21H21N3O3/c22-20(27)21(9-1-2-10-21)24-19(26)14-5-3-13(4-6-14)15-7-8-17-16(11-15)12-18(25)23-17/h3-8,11H,1-2,9-10,12H2,(H2,22,27)(H,23,25)(H,24,26). The van der Waals surface area contributed by atoms with Crippen molar-refractivity contribution >= 4 is 23.4 Å². The Hall–Kier alpha value is -3.15. The van der Waals surface area contributed by atoms with E-state index in [0.29, 0.717) is 24.8 Å². The van der Waals surface area contributed by atoms with E-state index in [1.165, 1.54) is 0 Å². The molecule has 1 saturated carbocycles. The average Bonchev–Trinajstić information content (AvgIpc) is 3.27. The molecule has 6 nitrogen and oxygen atoms in total. The summed E-state index contributed by atoms with van der Waals surface area (Å²) < 4.78 is 0. The van der Waals surface area contributed by atoms with E-state index in [4.69, 9.17) is 5.73 Å². The number of carbonyl (C=O) groups excluding carboxylic acids is 3. The van der Waals surface area contributed by atoms with Crippen LogP contribution in [0.2, 0.25) is 0 Å². The van der Waals surface area contributed by atoms with E-state index in [2.05, 4.69) is 10.6 Å². The van der Waals surface area contributed by atoms with E-state index in [0.717, 1.165) is 35.2 Å². The van der Waals surface area contributed by atoms with Gasteiger partial charge in [-0.1, -0.05) is 31.0 Å². The van der Waals surface area contributed by atoms with E-state index in [1.807, 2.05) is 30.3 Å². The smallest absolute Gasteiger partial charge is 0.252 e. The van der Waals surface area contributed by atoms with Crippen LogP contribution >= 0.6 is 0 Å². The molecule has 0 atom stereocenters. The molecule has 1 aliphatic heterocycles. The van der Waals surface area contributed by atoms with Crippen LogP contribution in [-0.4, -0.2) is 23.3 Å². The van der Waals surface area contributed by atoms with Gasteiger partial charge in [-0.3, -0.25) is 14.4 Å². The Kier molecular flexibility index (Phi) is 4.18. The monoisotopic (exact) mass is 363 g/mol. The topological polar surface area (TPSA) is 101 Å². The van der Waals surface area contributed by atoms with Crippen molar-refractivity contribution in [1.29, 1.82) is 0 Å². The van der Waals surface area contributed by atoms with Crippen molar-refractivity contribution in [3.63, 3.8) is 0 Å². The molecule has 6 heteroatoms. The largest absolute Gasteiger partial charge is 0.368 e. The normalized spacial score (nSPS) is 17.3. The van der Waals surface area contributed by atoms with E-state index < -0.39 is 11.4 Å². The van der Waals surface area contributed by atoms with Crippen LogP contribution < -0.4 is 16.4 Å². The zero-order valence-corrected chi connectivity index (χ0v) is 14.9. The molecule has 4 N–H and O–H groups in total. The summed E-state index contributed by atoms with van der Waals surface area (Å²) in [6.07, 6.45) is 3.34. The molecule has 3 amide bonds. The Morgan fingerprint density at radius 2 is 1.67 bits per heavy atom. The van der Waals surface area contributed by atoms with Crippen LogP contribution in [0.4, 0.5) is 5.69 Å². The first-order chi connectivity index (χ1) is 13.0. The predicted octanol–water partition coefficient (Wildman–Crippen LogP) is 2.38. The van der Waals surface area contributed by atoms with Gasteiger partial charge in [-0.25, -0.2) is 0 Å². The molecule has 27 heavy (non-hydrogen) atoms. The second-order valence-corrected chi connectivity index (χ2v) is 7.28. The van der Waals surface area contributed by atoms with Gasteiger partial charge in [0.2, 0.25) is 11.8 Å². The number of hydrogen-bond donors (Lipinski definition) is 3. The molecule has 4 rings (SSSR count). The molecule has 1 heterocycles. The lowest BCUT2D eigenvalue weighted by Crippen LogP contribution is -2.55. The maximum absolute atomic E-state index is 12.6. The second kappa shape index (κ2) is 6.54. The maximum atomic E-state index is 12.6. The summed E-state index contributed by atoms with van der Waals surface area (Å²) in [6.45, 7) is 0. The number of nitrogens with one attached hydrogen (secondary N) is 2. The van der Waals surface area contributed by atoms with Crippen molar-refractivity contribution in [1.82, 2.24) is 5.32 Å². The van der Waals surface area contributed by atoms with Gasteiger partial charge in [-0.2, -0.15) is 0 Å². The Morgan fingerprint density at radius 1 is 1.00 bits per heavy atom. The van der Waals surface area contributed by atoms with Crippen molar-refractivity contribution in [2.24, 2.45) is 5.73 Å². The molecule has 0 aromatic heterocycles. The first-order valence-electron chi connectivity index (χ1n) is 9.12. The van der Waals surface area contributed by atoms with E-state index in [-0.39, 0.29) is 11.8 Å². The number of hydrogen-bond acceptors (Lipinski definition) is 3. The first-order valence-corrected chi connectivity index (χ1v) is 9.12. The number of amides is 3. The second-order valence-electron chi connectivity index (χ2n) is 7.28. The molecule has 2 aromatic carbocycles. The van der Waals surface area contributed by atoms with Gasteiger partial charge in [0.1, 0.15) is 5.54 Å². The Bertz CT molecular complexity index is 928. The number of rotatable bonds is 4. The third-order valence-corrected chi connectivity index (χ3v) is 5.49. The molecule has 1 fully saturated rings. The highest BCUT2D eigenvalue weighted by molar-refractivity contribution is 6.00. The number of primary amides is 1. The van der Waals surface area contributed by atoms with Crippen molar-refractivity contribution in [3.05, 3.63) is 53.6 Å². The van der Waals surface area contributed by atoms with Gasteiger partial charge in [0.15, 0.2) is 0 Å². The van der Waals surface area contributed by atoms with Gasteiger partial charge in [-0.15, -0.1) is 0 Å². The lowest BCUT2D eigenvalue weighted by atomic mass is 9.95. The van der Waals surface area contributed by atoms with E-state index in [9.17, 15) is 14.4 Å². The van der Waals surface area contributed by atoms with Crippen molar-refractivity contribution in [2.45, 2.75) is 37.6 Å². The molecule has 1 aliphatic carbocycles. The summed E-state index contributed by atoms with van der Waals surface area (Å²) in [5.41, 5.74) is 8.88. The average molecular weight is 363 g/mol. The lowest BCUT2D eigenvalue weighted by molar-refractivity contribution is -0.124. The summed E-state index contributed by atoms with van der Waals surface area (Å²) in [5, 5.41) is 5.66. The zero-order valence-electron chi connectivity index (χ0n) is 14.9. The zero-order chi connectivity index (χ0) is 19.0. The molecule has 0 spiro atoms. The van der Waals surface area contributed by atoms with Crippen LogP contribution in [0.15, 0.2) is 42.5 Å². The molecular weight excluding hydrogens is 342 g/mol. The van der Waals surface area contributed by atoms with Crippen molar-refractivity contribution in [2.75, 3.05) is 5.32 Å². The molecular formula is C21H21N3O3. The number of benzene rings is 2. The van der Waals surface area contributed by atoms with Crippen LogP contribution in [0.5, 0.6) is 0 Å². The van der Waals surface area contributed by atoms with Gasteiger partial charge in [-0.05, 0) is 53.8 Å². The van der Waals surface area contributed by atoms with E-state index >= 15 is 0 Å². The quantitative estimate of drug-likeness (QED) is 0.777. The first kappa shape index (κ1) is 17.3. The SMILES string of the molecule is NC(=O)C1(NC(=O)c2ccc(-c3ccc4c(c3)CC(=O)N4)cc2)CCCC1. The molecule has 138 valence electrons. The Labute approximate surface area is 157 Å². The molecule has 2 aromatic rings. The third kappa shape index (κ3) is 3.18. The third-order valence-electron chi connectivity index (χ3n) is 5.49. The van der Waals surface area contributed by atoms with E-state index in [1.54, 1.807) is 12.1 Å². The minimum Gasteiger partial charge on any atom is -0.368 e. The Morgan fingerprint density at radius 3 is 2.33 bits per heavy atom. The summed E-state index contributed by atoms with van der Waals surface area (Å²) >= 11 is 0. The van der Waals surface area contributed by atoms with Crippen molar-refractivity contribution < 1.29 is 14.4 Å². The fraction of sp³-hybridized carbons (Fsp3) is 0.286. The highest BCUT2D eigenvalue weighted by Crippen LogP contribution is 2.31. The van der Waals surface area contributed by atoms with Crippen LogP contribution in [0.3, 0.4) is 0 Å². The van der Waals surface area contributed by atoms with Crippen LogP contribution in [0.25, 0.3) is 11.1 Å². The lowest BCUT2D eigenvalue weighted by Gasteiger charge is -2.26. The number of anilines is 1. The minimum absolute atomic E-state index is 0.00413. The maximum Gasteiger partial charge on any atom is 0.252 e. The highest BCUT2D eigenvalue weighted by atomic mass is 16.2. The summed E-state index contributed by atoms with van der Waals surface area (Å²) in [4.78, 5) is 35.9. The van der Waals surface area contributed by atoms with Crippen LogP contribution in [0, 0.1) is 0 Å². The molecule has 2 aliphatic rings. The summed E-state index contributed by atoms with van der Waals surface area (Å²) in [5.74, 6) is -0.748.